The molecule has 1 heterocycles. The smallest absolute Gasteiger partial charge is 0.193 e. The summed E-state index contributed by atoms with van der Waals surface area (Å²) >= 11 is 5.40. The Morgan fingerprint density at radius 1 is 1.73 bits per heavy atom. The number of Topliss-reactive ketones (excluding diaryl/α,β-unsaturated/α-hetero) is 1. The maximum Gasteiger partial charge on any atom is 0.193 e. The van der Waals surface area contributed by atoms with Crippen LogP contribution >= 0.6 is 11.6 Å². The number of alkyl halides is 1. The second kappa shape index (κ2) is 3.14. The van der Waals surface area contributed by atoms with Gasteiger partial charge in [0.2, 0.25) is 0 Å². The van der Waals surface area contributed by atoms with Gasteiger partial charge in [0.05, 0.1) is 11.6 Å². The van der Waals surface area contributed by atoms with Crippen LogP contribution in [0.15, 0.2) is 12.1 Å². The minimum absolute atomic E-state index is 0.0257. The fourth-order valence-corrected chi connectivity index (χ4v) is 1.10. The van der Waals surface area contributed by atoms with Crippen LogP contribution < -0.4 is 5.59 Å². The van der Waals surface area contributed by atoms with Crippen molar-refractivity contribution in [1.29, 1.82) is 0 Å². The first-order valence-electron chi connectivity index (χ1n) is 3.38. The lowest BCUT2D eigenvalue weighted by atomic mass is 10.1. The van der Waals surface area contributed by atoms with E-state index in [1.54, 1.807) is 6.07 Å². The SMILES string of the molecule is Bc1ccc(C(=O)CCl)n1C. The molecule has 0 bridgehead atoms. The van der Waals surface area contributed by atoms with Crippen LogP contribution in [0.4, 0.5) is 0 Å². The number of rotatable bonds is 2. The summed E-state index contributed by atoms with van der Waals surface area (Å²) in [7, 11) is 3.81. The fraction of sp³-hybridized carbons (Fsp3) is 0.286. The molecule has 0 fully saturated rings. The van der Waals surface area contributed by atoms with Gasteiger partial charge in [-0.1, -0.05) is 6.07 Å². The highest BCUT2D eigenvalue weighted by atomic mass is 35.5. The molecule has 0 atom stereocenters. The molecule has 0 unspecified atom stereocenters. The number of carbonyl (C=O) groups is 1. The second-order valence-electron chi connectivity index (χ2n) is 2.48. The predicted molar refractivity (Wildman–Crippen MR) is 48.6 cm³/mol. The Morgan fingerprint density at radius 3 is 2.73 bits per heavy atom. The Bertz CT molecular complexity index is 282. The molecule has 4 heteroatoms. The zero-order chi connectivity index (χ0) is 8.43. The quantitative estimate of drug-likeness (QED) is 0.339. The molecule has 0 saturated carbocycles. The minimum Gasteiger partial charge on any atom is -0.355 e. The van der Waals surface area contributed by atoms with Gasteiger partial charge in [-0.2, -0.15) is 0 Å². The van der Waals surface area contributed by atoms with Crippen LogP contribution in [0.5, 0.6) is 0 Å². The van der Waals surface area contributed by atoms with E-state index in [2.05, 4.69) is 0 Å². The number of ketones is 1. The van der Waals surface area contributed by atoms with E-state index in [9.17, 15) is 4.79 Å². The molecule has 11 heavy (non-hydrogen) atoms. The number of hydrogen-bond acceptors (Lipinski definition) is 1. The van der Waals surface area contributed by atoms with Gasteiger partial charge in [0.15, 0.2) is 13.6 Å². The van der Waals surface area contributed by atoms with E-state index in [4.69, 9.17) is 11.6 Å². The van der Waals surface area contributed by atoms with Crippen molar-refractivity contribution in [3.8, 4) is 0 Å². The van der Waals surface area contributed by atoms with Crippen LogP contribution in [0.25, 0.3) is 0 Å². The summed E-state index contributed by atoms with van der Waals surface area (Å²) in [4.78, 5) is 11.1. The molecule has 1 rings (SSSR count). The van der Waals surface area contributed by atoms with Gasteiger partial charge < -0.3 is 4.57 Å². The lowest BCUT2D eigenvalue weighted by Crippen LogP contribution is -2.17. The van der Waals surface area contributed by atoms with E-state index in [1.807, 2.05) is 25.5 Å². The Kier molecular flexibility index (Phi) is 2.40. The summed E-state index contributed by atoms with van der Waals surface area (Å²) in [6, 6.07) is 3.69. The largest absolute Gasteiger partial charge is 0.355 e. The van der Waals surface area contributed by atoms with Gasteiger partial charge in [0, 0.05) is 7.05 Å². The molecule has 0 spiro atoms. The molecular formula is C7H9BClNO. The minimum atomic E-state index is -0.0257. The monoisotopic (exact) mass is 169 g/mol. The van der Waals surface area contributed by atoms with E-state index in [-0.39, 0.29) is 11.7 Å². The van der Waals surface area contributed by atoms with Crippen molar-refractivity contribution >= 4 is 30.8 Å². The summed E-state index contributed by atoms with van der Waals surface area (Å²) < 4.78 is 1.84. The third kappa shape index (κ3) is 1.48. The van der Waals surface area contributed by atoms with E-state index in [0.29, 0.717) is 5.69 Å². The van der Waals surface area contributed by atoms with Crippen molar-refractivity contribution in [2.45, 2.75) is 0 Å². The number of carbonyl (C=O) groups excluding carboxylic acids is 1. The normalized spacial score (nSPS) is 10.0. The molecule has 0 saturated heterocycles. The second-order valence-corrected chi connectivity index (χ2v) is 2.74. The van der Waals surface area contributed by atoms with Gasteiger partial charge in [-0.25, -0.2) is 0 Å². The highest BCUT2D eigenvalue weighted by molar-refractivity contribution is 6.33. The van der Waals surface area contributed by atoms with E-state index < -0.39 is 0 Å². The lowest BCUT2D eigenvalue weighted by molar-refractivity contribution is 0.101. The molecular weight excluding hydrogens is 160 g/mol. The van der Waals surface area contributed by atoms with Crippen LogP contribution in [0.3, 0.4) is 0 Å². The number of nitrogens with zero attached hydrogens (tertiary/aromatic N) is 1. The Morgan fingerprint density at radius 2 is 2.36 bits per heavy atom. The lowest BCUT2D eigenvalue weighted by Gasteiger charge is -2.00. The highest BCUT2D eigenvalue weighted by Crippen LogP contribution is 1.99. The van der Waals surface area contributed by atoms with Crippen molar-refractivity contribution in [3.63, 3.8) is 0 Å². The van der Waals surface area contributed by atoms with Gasteiger partial charge in [0.1, 0.15) is 0 Å². The first-order valence-corrected chi connectivity index (χ1v) is 3.91. The topological polar surface area (TPSA) is 22.0 Å². The summed E-state index contributed by atoms with van der Waals surface area (Å²) in [5.74, 6) is 0.0272. The summed E-state index contributed by atoms with van der Waals surface area (Å²) in [6.07, 6.45) is 0. The molecule has 0 aromatic carbocycles. The summed E-state index contributed by atoms with van der Waals surface area (Å²) in [5, 5.41) is 0. The number of aromatic nitrogens is 1. The molecule has 0 amide bonds. The van der Waals surface area contributed by atoms with E-state index in [1.165, 1.54) is 0 Å². The van der Waals surface area contributed by atoms with Crippen molar-refractivity contribution in [1.82, 2.24) is 4.57 Å². The first kappa shape index (κ1) is 8.40. The van der Waals surface area contributed by atoms with Gasteiger partial charge in [-0.05, 0) is 11.7 Å². The van der Waals surface area contributed by atoms with Gasteiger partial charge in [-0.15, -0.1) is 11.6 Å². The zero-order valence-corrected chi connectivity index (χ0v) is 7.35. The van der Waals surface area contributed by atoms with E-state index >= 15 is 0 Å². The van der Waals surface area contributed by atoms with Crippen molar-refractivity contribution in [3.05, 3.63) is 17.8 Å². The molecule has 0 aliphatic rings. The molecule has 0 radical (unpaired) electrons. The highest BCUT2D eigenvalue weighted by Gasteiger charge is 2.08. The van der Waals surface area contributed by atoms with Gasteiger partial charge >= 0.3 is 0 Å². The van der Waals surface area contributed by atoms with Crippen LogP contribution in [0, 0.1) is 0 Å². The average Bonchev–Trinajstić information content (AvgIpc) is 2.32. The molecule has 1 aromatic heterocycles. The van der Waals surface area contributed by atoms with E-state index in [0.717, 1.165) is 5.59 Å². The third-order valence-corrected chi connectivity index (χ3v) is 2.02. The van der Waals surface area contributed by atoms with Crippen molar-refractivity contribution < 1.29 is 4.79 Å². The Balaban J connectivity index is 3.04. The third-order valence-electron chi connectivity index (χ3n) is 1.78. The zero-order valence-electron chi connectivity index (χ0n) is 6.60. The fourth-order valence-electron chi connectivity index (χ4n) is 0.962. The molecule has 2 nitrogen and oxygen atoms in total. The van der Waals surface area contributed by atoms with Crippen molar-refractivity contribution in [2.24, 2.45) is 7.05 Å². The number of hydrogen-bond donors (Lipinski definition) is 0. The summed E-state index contributed by atoms with van der Waals surface area (Å²) in [5.41, 5.74) is 1.75. The predicted octanol–water partition coefficient (Wildman–Crippen LogP) is -0.295. The first-order chi connectivity index (χ1) is 5.16. The maximum absolute atomic E-state index is 11.1. The molecule has 0 aliphatic heterocycles. The van der Waals surface area contributed by atoms with Crippen LogP contribution in [0.1, 0.15) is 10.5 Å². The maximum atomic E-state index is 11.1. The molecule has 58 valence electrons. The van der Waals surface area contributed by atoms with Gasteiger partial charge in [0.25, 0.3) is 0 Å². The standard InChI is InChI=1S/C7H9BClNO/c1-10-5(6(11)4-9)2-3-7(10)8/h2-3H,4,8H2,1H3. The average molecular weight is 169 g/mol. The molecule has 0 N–H and O–H groups in total. The Labute approximate surface area is 71.6 Å². The van der Waals surface area contributed by atoms with Crippen LogP contribution in [0.2, 0.25) is 0 Å². The Hall–Kier alpha value is -0.695. The molecule has 0 aliphatic carbocycles. The molecule has 1 aromatic rings. The van der Waals surface area contributed by atoms with Gasteiger partial charge in [-0.3, -0.25) is 4.79 Å². The van der Waals surface area contributed by atoms with Crippen LogP contribution in [-0.4, -0.2) is 24.1 Å². The number of halogens is 1. The summed E-state index contributed by atoms with van der Waals surface area (Å²) in [6.45, 7) is 0. The van der Waals surface area contributed by atoms with Crippen molar-refractivity contribution in [2.75, 3.05) is 5.88 Å². The van der Waals surface area contributed by atoms with Crippen LogP contribution in [-0.2, 0) is 7.05 Å².